The van der Waals surface area contributed by atoms with Crippen LogP contribution in [-0.4, -0.2) is 36.7 Å². The molecule has 11 heteroatoms. The SMILES string of the molecule is Cc1cc(-[s+]2c3ccccc3c3ccccc32)cc(C)c1OCC(=O)OC1(C)C2CC3CC(C2)CC1C3.O=S(=O)([O-])C(F)(F)F. The Labute approximate surface area is 263 Å². The van der Waals surface area contributed by atoms with Crippen molar-refractivity contribution in [3.05, 3.63) is 71.8 Å². The lowest BCUT2D eigenvalue weighted by atomic mass is 9.50. The summed E-state index contributed by atoms with van der Waals surface area (Å²) in [5, 5.41) is 2.66. The number of fused-ring (bicyclic) bond motifs is 3. The highest BCUT2D eigenvalue weighted by atomic mass is 32.2. The van der Waals surface area contributed by atoms with Gasteiger partial charge in [0.05, 0.1) is 0 Å². The van der Waals surface area contributed by atoms with Gasteiger partial charge in [-0.2, -0.15) is 13.2 Å². The predicted molar refractivity (Wildman–Crippen MR) is 168 cm³/mol. The number of thiophene rings is 1. The maximum Gasteiger partial charge on any atom is 0.485 e. The van der Waals surface area contributed by atoms with E-state index < -0.39 is 15.6 Å². The quantitative estimate of drug-likeness (QED) is 0.0922. The Kier molecular flexibility index (Phi) is 8.19. The largest absolute Gasteiger partial charge is 0.741 e. The second-order valence-electron chi connectivity index (χ2n) is 12.8. The Morgan fingerprint density at radius 3 is 1.78 bits per heavy atom. The van der Waals surface area contributed by atoms with E-state index in [1.807, 2.05) is 0 Å². The van der Waals surface area contributed by atoms with Crippen molar-refractivity contribution in [3.63, 3.8) is 0 Å². The number of hydrogen-bond acceptors (Lipinski definition) is 6. The summed E-state index contributed by atoms with van der Waals surface area (Å²) < 4.78 is 74.0. The lowest BCUT2D eigenvalue weighted by molar-refractivity contribution is -0.204. The first-order valence-electron chi connectivity index (χ1n) is 15.1. The molecule has 4 fully saturated rings. The van der Waals surface area contributed by atoms with E-state index in [4.69, 9.17) is 22.4 Å². The Morgan fingerprint density at radius 2 is 1.33 bits per heavy atom. The molecule has 4 aliphatic carbocycles. The highest BCUT2D eigenvalue weighted by molar-refractivity contribution is 7.86. The standard InChI is InChI=1S/C33H35O3S.CHF3O3S/c1-20-12-26(37-29-10-6-4-8-27(29)28-9-5-7-11-30(28)37)13-21(2)32(20)35-19-31(34)36-33(3)24-15-22-14-23(17-24)18-25(33)16-22;2-1(3,4)8(5,6)7/h4-13,22-25H,14-19H2,1-3H3;(H,5,6,7)/q+1;/p-1. The normalized spacial score (nSPS) is 25.7. The van der Waals surface area contributed by atoms with Gasteiger partial charge >= 0.3 is 11.5 Å². The van der Waals surface area contributed by atoms with E-state index >= 15 is 0 Å². The summed E-state index contributed by atoms with van der Waals surface area (Å²) in [4.78, 5) is 14.3. The minimum atomic E-state index is -6.09. The van der Waals surface area contributed by atoms with Crippen LogP contribution in [0.4, 0.5) is 13.2 Å². The summed E-state index contributed by atoms with van der Waals surface area (Å²) >= 11 is 0. The van der Waals surface area contributed by atoms with E-state index in [9.17, 15) is 18.0 Å². The van der Waals surface area contributed by atoms with Gasteiger partial charge < -0.3 is 14.0 Å². The molecule has 6 nitrogen and oxygen atoms in total. The molecular formula is C34H35F3O6S2. The van der Waals surface area contributed by atoms with Crippen LogP contribution < -0.4 is 4.74 Å². The molecular weight excluding hydrogens is 625 g/mol. The van der Waals surface area contributed by atoms with Crippen LogP contribution in [0.15, 0.2) is 60.7 Å². The molecule has 4 aromatic rings. The minimum Gasteiger partial charge on any atom is -0.741 e. The highest BCUT2D eigenvalue weighted by Gasteiger charge is 2.57. The summed E-state index contributed by atoms with van der Waals surface area (Å²) in [6.07, 6.45) is 6.31. The summed E-state index contributed by atoms with van der Waals surface area (Å²) in [5.41, 5.74) is -3.82. The number of carbonyl (C=O) groups is 1. The molecule has 45 heavy (non-hydrogen) atoms. The van der Waals surface area contributed by atoms with Gasteiger partial charge in [0, 0.05) is 33.4 Å². The van der Waals surface area contributed by atoms with E-state index in [2.05, 4.69) is 81.4 Å². The number of alkyl halides is 3. The maximum atomic E-state index is 13.0. The first kappa shape index (κ1) is 31.8. The van der Waals surface area contributed by atoms with Crippen LogP contribution >= 0.6 is 10.5 Å². The van der Waals surface area contributed by atoms with Crippen molar-refractivity contribution in [2.75, 3.05) is 6.61 Å². The van der Waals surface area contributed by atoms with Crippen LogP contribution in [0.1, 0.15) is 50.2 Å². The van der Waals surface area contributed by atoms with Gasteiger partial charge in [-0.15, -0.1) is 0 Å². The van der Waals surface area contributed by atoms with Gasteiger partial charge in [-0.25, -0.2) is 13.2 Å². The van der Waals surface area contributed by atoms with Gasteiger partial charge in [-0.1, -0.05) is 24.3 Å². The fourth-order valence-electron chi connectivity index (χ4n) is 8.06. The molecule has 0 amide bonds. The molecule has 1 aromatic heterocycles. The number of esters is 1. The number of aryl methyl sites for hydroxylation is 2. The summed E-state index contributed by atoms with van der Waals surface area (Å²) in [7, 11) is -6.23. The molecule has 4 aliphatic rings. The first-order valence-corrected chi connectivity index (χ1v) is 17.7. The van der Waals surface area contributed by atoms with E-state index in [0.717, 1.165) is 28.7 Å². The zero-order valence-electron chi connectivity index (χ0n) is 25.2. The highest BCUT2D eigenvalue weighted by Crippen LogP contribution is 2.59. The van der Waals surface area contributed by atoms with Crippen LogP contribution in [-0.2, 0) is 19.6 Å². The van der Waals surface area contributed by atoms with Gasteiger partial charge in [0.25, 0.3) is 0 Å². The Hall–Kier alpha value is -3.15. The number of benzene rings is 3. The molecule has 0 spiro atoms. The maximum absolute atomic E-state index is 13.0. The second kappa shape index (κ2) is 11.6. The zero-order valence-corrected chi connectivity index (χ0v) is 26.9. The Balaban J connectivity index is 0.000000397. The molecule has 0 saturated heterocycles. The van der Waals surface area contributed by atoms with Crippen LogP contribution in [0, 0.1) is 37.5 Å². The minimum absolute atomic E-state index is 0.0275. The van der Waals surface area contributed by atoms with E-state index in [1.54, 1.807) is 0 Å². The average Bonchev–Trinajstić information content (AvgIpc) is 3.29. The molecule has 0 atom stereocenters. The van der Waals surface area contributed by atoms with Crippen LogP contribution in [0.25, 0.3) is 25.1 Å². The number of carbonyl (C=O) groups excluding carboxylic acids is 1. The van der Waals surface area contributed by atoms with E-state index in [0.29, 0.717) is 11.8 Å². The Bertz CT molecular complexity index is 1770. The molecule has 3 aromatic carbocycles. The molecule has 0 unspecified atom stereocenters. The summed E-state index contributed by atoms with van der Waals surface area (Å²) in [5.74, 6) is 3.34. The van der Waals surface area contributed by atoms with E-state index in [-0.39, 0.29) is 28.6 Å². The Morgan fingerprint density at radius 1 is 0.889 bits per heavy atom. The molecule has 240 valence electrons. The van der Waals surface area contributed by atoms with Gasteiger partial charge in [-0.05, 0) is 112 Å². The summed E-state index contributed by atoms with van der Waals surface area (Å²) in [6.45, 7) is 6.35. The predicted octanol–water partition coefficient (Wildman–Crippen LogP) is 8.54. The van der Waals surface area contributed by atoms with Crippen molar-refractivity contribution in [3.8, 4) is 10.6 Å². The monoisotopic (exact) mass is 660 g/mol. The second-order valence-corrected chi connectivity index (χ2v) is 16.2. The van der Waals surface area contributed by atoms with Gasteiger partial charge in [0.15, 0.2) is 31.0 Å². The molecule has 8 rings (SSSR count). The van der Waals surface area contributed by atoms with Crippen molar-refractivity contribution in [1.29, 1.82) is 0 Å². The number of hydrogen-bond donors (Lipinski definition) is 0. The lowest BCUT2D eigenvalue weighted by Gasteiger charge is -2.59. The molecule has 1 heterocycles. The van der Waals surface area contributed by atoms with Gasteiger partial charge in [-0.3, -0.25) is 0 Å². The third-order valence-corrected chi connectivity index (χ3v) is 12.8. The lowest BCUT2D eigenvalue weighted by Crippen LogP contribution is -2.58. The van der Waals surface area contributed by atoms with Crippen molar-refractivity contribution in [2.45, 2.75) is 64.0 Å². The first-order chi connectivity index (χ1) is 21.2. The van der Waals surface area contributed by atoms with Crippen molar-refractivity contribution in [1.82, 2.24) is 0 Å². The molecule has 4 bridgehead atoms. The van der Waals surface area contributed by atoms with E-state index in [1.165, 1.54) is 57.2 Å². The fraction of sp³-hybridized carbons (Fsp3) is 0.441. The topological polar surface area (TPSA) is 92.7 Å². The van der Waals surface area contributed by atoms with Crippen molar-refractivity contribution >= 4 is 46.7 Å². The van der Waals surface area contributed by atoms with Gasteiger partial charge in [0.1, 0.15) is 11.4 Å². The molecule has 0 radical (unpaired) electrons. The fourth-order valence-corrected chi connectivity index (χ4v) is 10.6. The number of halogens is 3. The molecule has 4 saturated carbocycles. The molecule has 0 aliphatic heterocycles. The van der Waals surface area contributed by atoms with Crippen molar-refractivity contribution < 1.29 is 40.4 Å². The van der Waals surface area contributed by atoms with Crippen molar-refractivity contribution in [2.24, 2.45) is 23.7 Å². The van der Waals surface area contributed by atoms with Crippen LogP contribution in [0.3, 0.4) is 0 Å². The smallest absolute Gasteiger partial charge is 0.485 e. The third kappa shape index (κ3) is 5.94. The zero-order chi connectivity index (χ0) is 32.3. The number of ether oxygens (including phenoxy) is 2. The van der Waals surface area contributed by atoms with Crippen LogP contribution in [0.2, 0.25) is 0 Å². The average molecular weight is 661 g/mol. The number of rotatable bonds is 5. The summed E-state index contributed by atoms with van der Waals surface area (Å²) in [6, 6.07) is 22.0. The van der Waals surface area contributed by atoms with Gasteiger partial charge in [0.2, 0.25) is 0 Å². The third-order valence-electron chi connectivity index (χ3n) is 9.88. The van der Waals surface area contributed by atoms with Crippen LogP contribution in [0.5, 0.6) is 5.75 Å². The molecule has 0 N–H and O–H groups in total.